The van der Waals surface area contributed by atoms with Gasteiger partial charge in [0.1, 0.15) is 16.5 Å². The molecule has 4 amide bonds. The van der Waals surface area contributed by atoms with Gasteiger partial charge in [-0.2, -0.15) is 0 Å². The van der Waals surface area contributed by atoms with Gasteiger partial charge in [0.15, 0.2) is 0 Å². The maximum Gasteiger partial charge on any atom is 0.341 e. The van der Waals surface area contributed by atoms with E-state index in [2.05, 4.69) is 16.0 Å². The van der Waals surface area contributed by atoms with Crippen molar-refractivity contribution in [2.24, 2.45) is 0 Å². The molecule has 4 aromatic rings. The summed E-state index contributed by atoms with van der Waals surface area (Å²) in [6.07, 6.45) is 1.64. The number of ether oxygens (including phenoxy) is 1. The van der Waals surface area contributed by atoms with Crippen LogP contribution in [0.2, 0.25) is 5.02 Å². The number of carbonyl (C=O) groups is 5. The molecule has 0 aliphatic carbocycles. The number of fused-ring (bicyclic) bond motifs is 1. The predicted octanol–water partition coefficient (Wildman–Crippen LogP) is 7.15. The molecule has 0 saturated heterocycles. The predicted molar refractivity (Wildman–Crippen MR) is 197 cm³/mol. The number of halogens is 2. The van der Waals surface area contributed by atoms with Crippen LogP contribution in [0.1, 0.15) is 57.5 Å². The Morgan fingerprint density at radius 2 is 1.78 bits per heavy atom. The minimum Gasteiger partial charge on any atom is -0.462 e. The highest BCUT2D eigenvalue weighted by Gasteiger charge is 2.31. The molecular formula is C37H34ClFN4O6S2. The Labute approximate surface area is 307 Å². The van der Waals surface area contributed by atoms with E-state index in [4.69, 9.17) is 16.3 Å². The summed E-state index contributed by atoms with van der Waals surface area (Å²) < 4.78 is 20.0. The van der Waals surface area contributed by atoms with E-state index in [1.54, 1.807) is 73.3 Å². The van der Waals surface area contributed by atoms with Crippen molar-refractivity contribution in [1.82, 2.24) is 10.2 Å². The van der Waals surface area contributed by atoms with Crippen molar-refractivity contribution in [2.45, 2.75) is 43.9 Å². The maximum atomic E-state index is 14.7. The van der Waals surface area contributed by atoms with E-state index in [0.29, 0.717) is 40.7 Å². The summed E-state index contributed by atoms with van der Waals surface area (Å²) in [4.78, 5) is 68.1. The summed E-state index contributed by atoms with van der Waals surface area (Å²) in [6, 6.07) is 19.1. The minimum absolute atomic E-state index is 0.0510. The highest BCUT2D eigenvalue weighted by Crippen LogP contribution is 2.38. The SMILES string of the molecule is CCOC(=O)c1c(NC(=O)C(C)Sc2cccc(NC(=O)/C(=C\c3c(F)cccc3Cl)NC(=O)c3ccccc3)c2)sc2c1CCN(C(C)=O)C2. The van der Waals surface area contributed by atoms with Gasteiger partial charge in [-0.15, -0.1) is 23.1 Å². The molecule has 1 aliphatic rings. The zero-order chi connectivity index (χ0) is 36.7. The lowest BCUT2D eigenvalue weighted by Crippen LogP contribution is -2.34. The van der Waals surface area contributed by atoms with Crippen molar-refractivity contribution in [2.75, 3.05) is 23.8 Å². The van der Waals surface area contributed by atoms with Crippen LogP contribution in [0.5, 0.6) is 0 Å². The van der Waals surface area contributed by atoms with E-state index < -0.39 is 28.9 Å². The van der Waals surface area contributed by atoms with Gasteiger partial charge < -0.3 is 25.6 Å². The number of benzene rings is 3. The molecular weight excluding hydrogens is 715 g/mol. The first-order valence-corrected chi connectivity index (χ1v) is 18.0. The number of thiophene rings is 1. The monoisotopic (exact) mass is 748 g/mol. The molecule has 10 nitrogen and oxygen atoms in total. The summed E-state index contributed by atoms with van der Waals surface area (Å²) in [5, 5.41) is 7.97. The smallest absolute Gasteiger partial charge is 0.341 e. The lowest BCUT2D eigenvalue weighted by molar-refractivity contribution is -0.129. The fourth-order valence-electron chi connectivity index (χ4n) is 5.23. The first-order chi connectivity index (χ1) is 24.4. The van der Waals surface area contributed by atoms with Crippen LogP contribution >= 0.6 is 34.7 Å². The molecule has 0 saturated carbocycles. The molecule has 0 bridgehead atoms. The Morgan fingerprint density at radius 1 is 1.04 bits per heavy atom. The van der Waals surface area contributed by atoms with Crippen molar-refractivity contribution in [3.05, 3.63) is 116 Å². The summed E-state index contributed by atoms with van der Waals surface area (Å²) in [5.41, 5.74) is 1.41. The van der Waals surface area contributed by atoms with Crippen molar-refractivity contribution < 1.29 is 33.1 Å². The quantitative estimate of drug-likeness (QED) is 0.0843. The Bertz CT molecular complexity index is 2000. The Morgan fingerprint density at radius 3 is 2.49 bits per heavy atom. The second kappa shape index (κ2) is 16.8. The zero-order valence-electron chi connectivity index (χ0n) is 27.9. The first-order valence-electron chi connectivity index (χ1n) is 15.9. The third-order valence-corrected chi connectivity index (χ3v) is 10.4. The minimum atomic E-state index is -0.733. The first kappa shape index (κ1) is 37.3. The van der Waals surface area contributed by atoms with Gasteiger partial charge in [-0.3, -0.25) is 19.2 Å². The van der Waals surface area contributed by atoms with Gasteiger partial charge in [0.25, 0.3) is 11.8 Å². The number of hydrogen-bond donors (Lipinski definition) is 3. The Balaban J connectivity index is 1.32. The number of carbonyl (C=O) groups excluding carboxylic acids is 5. The van der Waals surface area contributed by atoms with Crippen molar-refractivity contribution in [3.63, 3.8) is 0 Å². The van der Waals surface area contributed by atoms with Gasteiger partial charge in [-0.05, 0) is 74.4 Å². The van der Waals surface area contributed by atoms with Crippen molar-refractivity contribution in [3.8, 4) is 0 Å². The standard InChI is InChI=1S/C37H34ClFN4O6S2/c1-4-49-37(48)32-26-16-17-43(22(3)44)20-31(26)51-36(32)42-33(45)21(2)50-25-13-8-12-24(18-25)40-35(47)30(19-27-28(38)14-9-15-29(27)39)41-34(46)23-10-6-5-7-11-23/h5-15,18-19,21H,4,16-17,20H2,1-3H3,(H,40,47)(H,41,46)(H,42,45)/b30-19+. The number of nitrogens with zero attached hydrogens (tertiary/aromatic N) is 1. The molecule has 1 atom stereocenters. The van der Waals surface area contributed by atoms with Gasteiger partial charge in [-0.25, -0.2) is 9.18 Å². The molecule has 1 unspecified atom stereocenters. The second-order valence-corrected chi connectivity index (χ2v) is 14.3. The lowest BCUT2D eigenvalue weighted by Gasteiger charge is -2.25. The highest BCUT2D eigenvalue weighted by molar-refractivity contribution is 8.00. The molecule has 14 heteroatoms. The summed E-state index contributed by atoms with van der Waals surface area (Å²) >= 11 is 8.69. The number of esters is 1. The van der Waals surface area contributed by atoms with Gasteiger partial charge in [-0.1, -0.05) is 41.9 Å². The number of nitrogens with one attached hydrogen (secondary N) is 3. The van der Waals surface area contributed by atoms with Crippen LogP contribution in [0.25, 0.3) is 6.08 Å². The fraction of sp³-hybridized carbons (Fsp3) is 0.216. The normalized spacial score (nSPS) is 13.1. The molecule has 2 heterocycles. The number of anilines is 2. The van der Waals surface area contributed by atoms with Crippen molar-refractivity contribution >= 4 is 81.1 Å². The molecule has 264 valence electrons. The highest BCUT2D eigenvalue weighted by atomic mass is 35.5. The number of rotatable bonds is 11. The molecule has 3 aromatic carbocycles. The molecule has 5 rings (SSSR count). The van der Waals surface area contributed by atoms with Gasteiger partial charge >= 0.3 is 5.97 Å². The van der Waals surface area contributed by atoms with Gasteiger partial charge in [0.05, 0.1) is 29.0 Å². The topological polar surface area (TPSA) is 134 Å². The van der Waals surface area contributed by atoms with Crippen LogP contribution in [0.3, 0.4) is 0 Å². The third-order valence-electron chi connectivity index (χ3n) is 7.81. The number of thioether (sulfide) groups is 1. The molecule has 51 heavy (non-hydrogen) atoms. The number of hydrogen-bond acceptors (Lipinski definition) is 8. The van der Waals surface area contributed by atoms with E-state index >= 15 is 0 Å². The molecule has 0 spiro atoms. The summed E-state index contributed by atoms with van der Waals surface area (Å²) in [6.45, 7) is 5.89. The average molecular weight is 749 g/mol. The van der Waals surface area contributed by atoms with Gasteiger partial charge in [0.2, 0.25) is 11.8 Å². The number of amides is 4. The lowest BCUT2D eigenvalue weighted by atomic mass is 10.0. The van der Waals surface area contributed by atoms with Crippen LogP contribution < -0.4 is 16.0 Å². The Kier molecular flexibility index (Phi) is 12.3. The van der Waals surface area contributed by atoms with E-state index in [9.17, 15) is 28.4 Å². The summed E-state index contributed by atoms with van der Waals surface area (Å²) in [7, 11) is 0. The molecule has 1 aromatic heterocycles. The van der Waals surface area contributed by atoms with Crippen LogP contribution in [-0.2, 0) is 32.1 Å². The van der Waals surface area contributed by atoms with Crippen LogP contribution in [0.4, 0.5) is 15.1 Å². The van der Waals surface area contributed by atoms with E-state index in [1.165, 1.54) is 54.3 Å². The van der Waals surface area contributed by atoms with E-state index in [0.717, 1.165) is 10.4 Å². The third kappa shape index (κ3) is 9.23. The average Bonchev–Trinajstić information content (AvgIpc) is 3.47. The van der Waals surface area contributed by atoms with Crippen LogP contribution in [0, 0.1) is 5.82 Å². The zero-order valence-corrected chi connectivity index (χ0v) is 30.3. The molecule has 1 aliphatic heterocycles. The molecule has 3 N–H and O–H groups in total. The second-order valence-electron chi connectivity index (χ2n) is 11.4. The van der Waals surface area contributed by atoms with Crippen LogP contribution in [-0.4, -0.2) is 52.9 Å². The van der Waals surface area contributed by atoms with E-state index in [1.807, 2.05) is 0 Å². The molecule has 0 radical (unpaired) electrons. The van der Waals surface area contributed by atoms with Crippen molar-refractivity contribution in [1.29, 1.82) is 0 Å². The fourth-order valence-corrected chi connectivity index (χ4v) is 7.63. The Hall–Kier alpha value is -4.98. The van der Waals surface area contributed by atoms with E-state index in [-0.39, 0.29) is 40.3 Å². The molecule has 0 fully saturated rings. The van der Waals surface area contributed by atoms with Crippen LogP contribution in [0.15, 0.2) is 83.4 Å². The van der Waals surface area contributed by atoms with Gasteiger partial charge in [0, 0.05) is 40.1 Å². The largest absolute Gasteiger partial charge is 0.462 e. The summed E-state index contributed by atoms with van der Waals surface area (Å²) in [5.74, 6) is -2.96. The maximum absolute atomic E-state index is 14.7.